The van der Waals surface area contributed by atoms with Crippen molar-refractivity contribution in [2.24, 2.45) is 5.41 Å². The van der Waals surface area contributed by atoms with Crippen molar-refractivity contribution < 1.29 is 4.79 Å². The lowest BCUT2D eigenvalue weighted by molar-refractivity contribution is -0.117. The van der Waals surface area contributed by atoms with Crippen molar-refractivity contribution in [1.82, 2.24) is 10.2 Å². The number of anilines is 1. The number of nitrogens with one attached hydrogen (secondary N) is 1. The van der Waals surface area contributed by atoms with Gasteiger partial charge < -0.3 is 5.32 Å². The first-order chi connectivity index (χ1) is 10.3. The fraction of sp³-hybridized carbons (Fsp3) is 0.438. The molecule has 1 amide bonds. The van der Waals surface area contributed by atoms with E-state index in [9.17, 15) is 4.79 Å². The molecule has 1 aromatic heterocycles. The molecule has 0 atom stereocenters. The highest BCUT2D eigenvalue weighted by molar-refractivity contribution is 8.00. The van der Waals surface area contributed by atoms with Crippen molar-refractivity contribution >= 4 is 34.1 Å². The van der Waals surface area contributed by atoms with Gasteiger partial charge in [-0.3, -0.25) is 4.79 Å². The first-order valence-electron chi connectivity index (χ1n) is 7.13. The molecule has 22 heavy (non-hydrogen) atoms. The van der Waals surface area contributed by atoms with Crippen LogP contribution in [0.15, 0.2) is 28.6 Å². The highest BCUT2D eigenvalue weighted by atomic mass is 32.2. The van der Waals surface area contributed by atoms with E-state index in [4.69, 9.17) is 0 Å². The largest absolute Gasteiger partial charge is 0.300 e. The minimum absolute atomic E-state index is 0.0151. The van der Waals surface area contributed by atoms with E-state index in [2.05, 4.69) is 46.7 Å². The summed E-state index contributed by atoms with van der Waals surface area (Å²) in [4.78, 5) is 11.9. The Hall–Kier alpha value is -1.40. The van der Waals surface area contributed by atoms with E-state index in [1.807, 2.05) is 20.8 Å². The van der Waals surface area contributed by atoms with Crippen LogP contribution in [-0.4, -0.2) is 16.1 Å². The number of rotatable bonds is 5. The van der Waals surface area contributed by atoms with Gasteiger partial charge in [-0.15, -0.1) is 10.2 Å². The van der Waals surface area contributed by atoms with E-state index in [1.54, 1.807) is 11.8 Å². The summed E-state index contributed by atoms with van der Waals surface area (Å²) >= 11 is 3.05. The van der Waals surface area contributed by atoms with E-state index in [0.29, 0.717) is 11.6 Å². The van der Waals surface area contributed by atoms with Crippen molar-refractivity contribution in [2.45, 2.75) is 44.2 Å². The van der Waals surface area contributed by atoms with Crippen LogP contribution in [0.3, 0.4) is 0 Å². The van der Waals surface area contributed by atoms with E-state index in [-0.39, 0.29) is 11.3 Å². The van der Waals surface area contributed by atoms with Crippen LogP contribution >= 0.6 is 23.1 Å². The van der Waals surface area contributed by atoms with Gasteiger partial charge in [-0.1, -0.05) is 73.7 Å². The highest BCUT2D eigenvalue weighted by Gasteiger charge is 2.17. The molecular weight excluding hydrogens is 314 g/mol. The number of thioether (sulfide) groups is 1. The van der Waals surface area contributed by atoms with Crippen molar-refractivity contribution in [3.63, 3.8) is 0 Å². The number of carbonyl (C=O) groups is 1. The summed E-state index contributed by atoms with van der Waals surface area (Å²) in [6.45, 7) is 8.19. The van der Waals surface area contributed by atoms with E-state index < -0.39 is 0 Å². The quantitative estimate of drug-likeness (QED) is 0.645. The molecule has 0 radical (unpaired) electrons. The van der Waals surface area contributed by atoms with Gasteiger partial charge in [0.2, 0.25) is 11.0 Å². The van der Waals surface area contributed by atoms with Gasteiger partial charge in [0.05, 0.1) is 0 Å². The third-order valence-corrected chi connectivity index (χ3v) is 4.87. The molecule has 1 N–H and O–H groups in total. The second-order valence-corrected chi connectivity index (χ2v) is 8.63. The molecule has 1 aromatic carbocycles. The maximum absolute atomic E-state index is 11.9. The van der Waals surface area contributed by atoms with Crippen LogP contribution in [0.2, 0.25) is 0 Å². The molecule has 6 heteroatoms. The standard InChI is InChI=1S/C16H21N3OS2/c1-11-5-7-12(8-6-11)10-21-15-19-18-14(22-15)17-13(20)9-16(2,3)4/h5-8H,9-10H2,1-4H3,(H,17,18,20). The Morgan fingerprint density at radius 2 is 1.91 bits per heavy atom. The molecule has 1 heterocycles. The molecule has 0 fully saturated rings. The van der Waals surface area contributed by atoms with E-state index in [0.717, 1.165) is 10.1 Å². The van der Waals surface area contributed by atoms with Gasteiger partial charge in [0.25, 0.3) is 0 Å². The van der Waals surface area contributed by atoms with Crippen LogP contribution in [-0.2, 0) is 10.5 Å². The van der Waals surface area contributed by atoms with Gasteiger partial charge in [0.1, 0.15) is 0 Å². The molecule has 118 valence electrons. The molecule has 0 bridgehead atoms. The van der Waals surface area contributed by atoms with Crippen LogP contribution in [0.1, 0.15) is 38.3 Å². The molecule has 0 aliphatic rings. The Balaban J connectivity index is 1.86. The molecule has 2 rings (SSSR count). The number of benzene rings is 1. The number of amides is 1. The summed E-state index contributed by atoms with van der Waals surface area (Å²) in [5.41, 5.74) is 2.48. The third-order valence-electron chi connectivity index (χ3n) is 2.83. The number of hydrogen-bond acceptors (Lipinski definition) is 5. The summed E-state index contributed by atoms with van der Waals surface area (Å²) < 4.78 is 0.867. The molecule has 0 spiro atoms. The molecule has 0 saturated carbocycles. The number of hydrogen-bond donors (Lipinski definition) is 1. The fourth-order valence-corrected chi connectivity index (χ4v) is 3.52. The SMILES string of the molecule is Cc1ccc(CSc2nnc(NC(=O)CC(C)(C)C)s2)cc1. The lowest BCUT2D eigenvalue weighted by Gasteiger charge is -2.16. The topological polar surface area (TPSA) is 54.9 Å². The van der Waals surface area contributed by atoms with Crippen molar-refractivity contribution in [3.05, 3.63) is 35.4 Å². The Labute approximate surface area is 139 Å². The number of aromatic nitrogens is 2. The van der Waals surface area contributed by atoms with E-state index >= 15 is 0 Å². The van der Waals surface area contributed by atoms with Crippen LogP contribution in [0.25, 0.3) is 0 Å². The monoisotopic (exact) mass is 335 g/mol. The molecule has 4 nitrogen and oxygen atoms in total. The summed E-state index contributed by atoms with van der Waals surface area (Å²) in [5.74, 6) is 0.837. The number of nitrogens with zero attached hydrogens (tertiary/aromatic N) is 2. The summed E-state index contributed by atoms with van der Waals surface area (Å²) in [5, 5.41) is 11.5. The maximum Gasteiger partial charge on any atom is 0.226 e. The summed E-state index contributed by atoms with van der Waals surface area (Å²) in [7, 11) is 0. The van der Waals surface area contributed by atoms with E-state index in [1.165, 1.54) is 22.5 Å². The molecular formula is C16H21N3OS2. The fourth-order valence-electron chi connectivity index (χ4n) is 1.79. The maximum atomic E-state index is 11.9. The Morgan fingerprint density at radius 3 is 2.55 bits per heavy atom. The van der Waals surface area contributed by atoms with Gasteiger partial charge in [-0.25, -0.2) is 0 Å². The minimum atomic E-state index is -0.0300. The summed E-state index contributed by atoms with van der Waals surface area (Å²) in [6.07, 6.45) is 0.471. The molecule has 0 unspecified atom stereocenters. The highest BCUT2D eigenvalue weighted by Crippen LogP contribution is 2.29. The van der Waals surface area contributed by atoms with Crippen LogP contribution < -0.4 is 5.32 Å². The van der Waals surface area contributed by atoms with Gasteiger partial charge in [0, 0.05) is 12.2 Å². The second-order valence-electron chi connectivity index (χ2n) is 6.43. The van der Waals surface area contributed by atoms with Crippen molar-refractivity contribution in [3.8, 4) is 0 Å². The smallest absolute Gasteiger partial charge is 0.226 e. The van der Waals surface area contributed by atoms with Crippen molar-refractivity contribution in [2.75, 3.05) is 5.32 Å². The number of aryl methyl sites for hydroxylation is 1. The minimum Gasteiger partial charge on any atom is -0.300 e. The predicted molar refractivity (Wildman–Crippen MR) is 93.4 cm³/mol. The Morgan fingerprint density at radius 1 is 1.23 bits per heavy atom. The average molecular weight is 335 g/mol. The van der Waals surface area contributed by atoms with Gasteiger partial charge in [0.15, 0.2) is 4.34 Å². The molecule has 0 aliphatic heterocycles. The first kappa shape index (κ1) is 17.0. The number of carbonyl (C=O) groups excluding carboxylic acids is 1. The molecule has 0 aliphatic carbocycles. The Bertz CT molecular complexity index is 630. The lowest BCUT2D eigenvalue weighted by Crippen LogP contribution is -2.19. The zero-order valence-electron chi connectivity index (χ0n) is 13.3. The molecule has 2 aromatic rings. The van der Waals surface area contributed by atoms with Crippen LogP contribution in [0.4, 0.5) is 5.13 Å². The van der Waals surface area contributed by atoms with Crippen LogP contribution in [0, 0.1) is 12.3 Å². The van der Waals surface area contributed by atoms with Crippen LogP contribution in [0.5, 0.6) is 0 Å². The Kier molecular flexibility index (Phi) is 5.58. The third kappa shape index (κ3) is 5.77. The second kappa shape index (κ2) is 7.24. The first-order valence-corrected chi connectivity index (χ1v) is 8.94. The van der Waals surface area contributed by atoms with Gasteiger partial charge in [-0.05, 0) is 17.9 Å². The lowest BCUT2D eigenvalue weighted by atomic mass is 9.92. The van der Waals surface area contributed by atoms with Gasteiger partial charge in [-0.2, -0.15) is 0 Å². The van der Waals surface area contributed by atoms with Crippen molar-refractivity contribution in [1.29, 1.82) is 0 Å². The zero-order valence-corrected chi connectivity index (χ0v) is 15.0. The van der Waals surface area contributed by atoms with Gasteiger partial charge >= 0.3 is 0 Å². The zero-order chi connectivity index (χ0) is 16.2. The predicted octanol–water partition coefficient (Wildman–Crippen LogP) is 4.51. The normalized spacial score (nSPS) is 11.5. The molecule has 0 saturated heterocycles. The summed E-state index contributed by atoms with van der Waals surface area (Å²) in [6, 6.07) is 8.45. The average Bonchev–Trinajstić information content (AvgIpc) is 2.83.